The lowest BCUT2D eigenvalue weighted by atomic mass is 9.98. The van der Waals surface area contributed by atoms with Gasteiger partial charge in [-0.3, -0.25) is 0 Å². The molecule has 1 nitrogen and oxygen atoms in total. The summed E-state index contributed by atoms with van der Waals surface area (Å²) in [7, 11) is 0. The summed E-state index contributed by atoms with van der Waals surface area (Å²) in [5, 5.41) is 4.19. The Balaban J connectivity index is 2.95. The Morgan fingerprint density at radius 3 is 2.65 bits per heavy atom. The summed E-state index contributed by atoms with van der Waals surface area (Å²) in [6.07, 6.45) is 2.28. The summed E-state index contributed by atoms with van der Waals surface area (Å²) in [5.74, 6) is 0.559. The van der Waals surface area contributed by atoms with Crippen LogP contribution in [0.4, 0.5) is 0 Å². The second-order valence-electron chi connectivity index (χ2n) is 4.66. The van der Waals surface area contributed by atoms with Crippen molar-refractivity contribution in [3.63, 3.8) is 0 Å². The SMILES string of the molecule is CCNC/C(=C/c1ccc(Cl)cc1C)C(C)C. The number of halogens is 1. The minimum absolute atomic E-state index is 0.559. The van der Waals surface area contributed by atoms with E-state index >= 15 is 0 Å². The van der Waals surface area contributed by atoms with E-state index in [0.29, 0.717) is 5.92 Å². The van der Waals surface area contributed by atoms with E-state index in [1.165, 1.54) is 16.7 Å². The van der Waals surface area contributed by atoms with Crippen LogP contribution in [0.1, 0.15) is 31.9 Å². The number of benzene rings is 1. The summed E-state index contributed by atoms with van der Waals surface area (Å²) in [6.45, 7) is 10.6. The quantitative estimate of drug-likeness (QED) is 0.823. The smallest absolute Gasteiger partial charge is 0.0409 e. The maximum Gasteiger partial charge on any atom is 0.0409 e. The topological polar surface area (TPSA) is 12.0 Å². The van der Waals surface area contributed by atoms with Gasteiger partial charge in [-0.15, -0.1) is 0 Å². The fourth-order valence-corrected chi connectivity index (χ4v) is 1.92. The van der Waals surface area contributed by atoms with Gasteiger partial charge in [-0.05, 0) is 42.6 Å². The lowest BCUT2D eigenvalue weighted by molar-refractivity contribution is 0.682. The van der Waals surface area contributed by atoms with Gasteiger partial charge in [0.1, 0.15) is 0 Å². The summed E-state index contributed by atoms with van der Waals surface area (Å²) < 4.78 is 0. The third-order valence-electron chi connectivity index (χ3n) is 2.89. The first-order chi connectivity index (χ1) is 8.04. The summed E-state index contributed by atoms with van der Waals surface area (Å²) in [4.78, 5) is 0. The molecule has 1 N–H and O–H groups in total. The monoisotopic (exact) mass is 251 g/mol. The van der Waals surface area contributed by atoms with Crippen LogP contribution in [0.25, 0.3) is 6.08 Å². The molecular weight excluding hydrogens is 230 g/mol. The van der Waals surface area contributed by atoms with Crippen molar-refractivity contribution in [2.75, 3.05) is 13.1 Å². The van der Waals surface area contributed by atoms with E-state index in [2.05, 4.69) is 45.2 Å². The van der Waals surface area contributed by atoms with E-state index in [9.17, 15) is 0 Å². The van der Waals surface area contributed by atoms with Crippen molar-refractivity contribution in [1.82, 2.24) is 5.32 Å². The molecule has 94 valence electrons. The van der Waals surface area contributed by atoms with Crippen LogP contribution in [0.5, 0.6) is 0 Å². The molecule has 0 atom stereocenters. The van der Waals surface area contributed by atoms with Crippen molar-refractivity contribution in [1.29, 1.82) is 0 Å². The van der Waals surface area contributed by atoms with E-state index in [4.69, 9.17) is 11.6 Å². The van der Waals surface area contributed by atoms with Crippen molar-refractivity contribution >= 4 is 17.7 Å². The zero-order chi connectivity index (χ0) is 12.8. The highest BCUT2D eigenvalue weighted by atomic mass is 35.5. The van der Waals surface area contributed by atoms with Gasteiger partial charge in [0.15, 0.2) is 0 Å². The highest BCUT2D eigenvalue weighted by molar-refractivity contribution is 6.30. The third kappa shape index (κ3) is 4.53. The number of hydrogen-bond donors (Lipinski definition) is 1. The molecule has 17 heavy (non-hydrogen) atoms. The van der Waals surface area contributed by atoms with E-state index in [-0.39, 0.29) is 0 Å². The van der Waals surface area contributed by atoms with Crippen LogP contribution in [-0.2, 0) is 0 Å². The number of likely N-dealkylation sites (N-methyl/N-ethyl adjacent to an activating group) is 1. The zero-order valence-electron chi connectivity index (χ0n) is 11.2. The molecule has 1 rings (SSSR count). The van der Waals surface area contributed by atoms with Crippen LogP contribution in [0.2, 0.25) is 5.02 Å². The number of aryl methyl sites for hydroxylation is 1. The maximum atomic E-state index is 5.97. The van der Waals surface area contributed by atoms with Gasteiger partial charge < -0.3 is 5.32 Å². The molecular formula is C15H22ClN. The highest BCUT2D eigenvalue weighted by Crippen LogP contribution is 2.20. The Hall–Kier alpha value is -0.790. The molecule has 1 aromatic carbocycles. The normalized spacial score (nSPS) is 12.2. The molecule has 2 heteroatoms. The fourth-order valence-electron chi connectivity index (χ4n) is 1.69. The van der Waals surface area contributed by atoms with Gasteiger partial charge in [-0.2, -0.15) is 0 Å². The van der Waals surface area contributed by atoms with Crippen molar-refractivity contribution in [3.8, 4) is 0 Å². The molecule has 0 aliphatic carbocycles. The Morgan fingerprint density at radius 2 is 2.12 bits per heavy atom. The van der Waals surface area contributed by atoms with Gasteiger partial charge in [0, 0.05) is 11.6 Å². The standard InChI is InChI=1S/C15H22ClN/c1-5-17-10-14(11(2)3)9-13-6-7-15(16)8-12(13)4/h6-9,11,17H,5,10H2,1-4H3/b14-9-. The van der Waals surface area contributed by atoms with Gasteiger partial charge in [-0.1, -0.05) is 50.1 Å². The number of nitrogens with one attached hydrogen (secondary N) is 1. The van der Waals surface area contributed by atoms with E-state index in [1.807, 2.05) is 12.1 Å². The van der Waals surface area contributed by atoms with Gasteiger partial charge in [0.05, 0.1) is 0 Å². The maximum absolute atomic E-state index is 5.97. The molecule has 1 aromatic rings. The summed E-state index contributed by atoms with van der Waals surface area (Å²) in [6, 6.07) is 6.05. The predicted octanol–water partition coefficient (Wildman–Crippen LogP) is 4.30. The van der Waals surface area contributed by atoms with Crippen molar-refractivity contribution < 1.29 is 0 Å². The van der Waals surface area contributed by atoms with Gasteiger partial charge in [0.25, 0.3) is 0 Å². The van der Waals surface area contributed by atoms with E-state index < -0.39 is 0 Å². The second kappa shape index (κ2) is 6.83. The molecule has 0 radical (unpaired) electrons. The molecule has 0 spiro atoms. The number of rotatable bonds is 5. The minimum atomic E-state index is 0.559. The van der Waals surface area contributed by atoms with E-state index in [1.54, 1.807) is 0 Å². The Morgan fingerprint density at radius 1 is 1.41 bits per heavy atom. The van der Waals surface area contributed by atoms with Gasteiger partial charge >= 0.3 is 0 Å². The van der Waals surface area contributed by atoms with Gasteiger partial charge in [0.2, 0.25) is 0 Å². The molecule has 0 bridgehead atoms. The molecule has 0 aromatic heterocycles. The average Bonchev–Trinajstić information content (AvgIpc) is 2.26. The first-order valence-corrected chi connectivity index (χ1v) is 6.59. The van der Waals surface area contributed by atoms with Crippen molar-refractivity contribution in [3.05, 3.63) is 39.9 Å². The van der Waals surface area contributed by atoms with Crippen LogP contribution < -0.4 is 5.32 Å². The Kier molecular flexibility index (Phi) is 5.73. The fraction of sp³-hybridized carbons (Fsp3) is 0.467. The molecule has 0 aliphatic rings. The van der Waals surface area contributed by atoms with Crippen molar-refractivity contribution in [2.45, 2.75) is 27.7 Å². The van der Waals surface area contributed by atoms with Gasteiger partial charge in [-0.25, -0.2) is 0 Å². The molecule has 0 saturated carbocycles. The largest absolute Gasteiger partial charge is 0.313 e. The third-order valence-corrected chi connectivity index (χ3v) is 3.13. The minimum Gasteiger partial charge on any atom is -0.313 e. The molecule has 0 saturated heterocycles. The van der Waals surface area contributed by atoms with Crippen molar-refractivity contribution in [2.24, 2.45) is 5.92 Å². The molecule has 0 unspecified atom stereocenters. The molecule has 0 fully saturated rings. The Bertz CT molecular complexity index is 394. The lowest BCUT2D eigenvalue weighted by Crippen LogP contribution is -2.18. The first kappa shape index (κ1) is 14.3. The lowest BCUT2D eigenvalue weighted by Gasteiger charge is -2.13. The molecule has 0 heterocycles. The molecule has 0 amide bonds. The van der Waals surface area contributed by atoms with Crippen LogP contribution in [-0.4, -0.2) is 13.1 Å². The second-order valence-corrected chi connectivity index (χ2v) is 5.09. The van der Waals surface area contributed by atoms with Crippen LogP contribution >= 0.6 is 11.6 Å². The van der Waals surface area contributed by atoms with E-state index in [0.717, 1.165) is 18.1 Å². The highest BCUT2D eigenvalue weighted by Gasteiger charge is 2.04. The molecule has 0 aliphatic heterocycles. The average molecular weight is 252 g/mol. The summed E-state index contributed by atoms with van der Waals surface area (Å²) in [5.41, 5.74) is 3.92. The zero-order valence-corrected chi connectivity index (χ0v) is 11.9. The summed E-state index contributed by atoms with van der Waals surface area (Å²) >= 11 is 5.97. The predicted molar refractivity (Wildman–Crippen MR) is 77.5 cm³/mol. The van der Waals surface area contributed by atoms with Crippen LogP contribution in [0.15, 0.2) is 23.8 Å². The Labute approximate surface area is 110 Å². The van der Waals surface area contributed by atoms with Crippen LogP contribution in [0, 0.1) is 12.8 Å². The first-order valence-electron chi connectivity index (χ1n) is 6.22. The van der Waals surface area contributed by atoms with Crippen LogP contribution in [0.3, 0.4) is 0 Å². The number of hydrogen-bond acceptors (Lipinski definition) is 1.